The Kier molecular flexibility index (Phi) is 4.18. The van der Waals surface area contributed by atoms with Crippen molar-refractivity contribution in [2.45, 2.75) is 6.54 Å². The van der Waals surface area contributed by atoms with Crippen molar-refractivity contribution in [3.63, 3.8) is 0 Å². The molecule has 0 bridgehead atoms. The molecule has 21 heavy (non-hydrogen) atoms. The maximum absolute atomic E-state index is 9.21. The lowest BCUT2D eigenvalue weighted by atomic mass is 10.1. The molecule has 3 nitrogen and oxygen atoms in total. The lowest BCUT2D eigenvalue weighted by Gasteiger charge is -2.36. The van der Waals surface area contributed by atoms with Gasteiger partial charge < -0.3 is 4.90 Å². The van der Waals surface area contributed by atoms with Crippen molar-refractivity contribution >= 4 is 5.69 Å². The van der Waals surface area contributed by atoms with E-state index in [1.165, 1.54) is 5.56 Å². The van der Waals surface area contributed by atoms with Crippen molar-refractivity contribution in [1.82, 2.24) is 4.90 Å². The molecule has 0 unspecified atom stereocenters. The second kappa shape index (κ2) is 6.43. The van der Waals surface area contributed by atoms with Crippen LogP contribution >= 0.6 is 0 Å². The van der Waals surface area contributed by atoms with Crippen molar-refractivity contribution in [2.75, 3.05) is 31.1 Å². The molecule has 0 aromatic heterocycles. The van der Waals surface area contributed by atoms with Gasteiger partial charge in [-0.1, -0.05) is 42.5 Å². The molecular weight excluding hydrogens is 258 g/mol. The first-order chi connectivity index (χ1) is 10.4. The van der Waals surface area contributed by atoms with Crippen molar-refractivity contribution in [3.05, 3.63) is 65.7 Å². The lowest BCUT2D eigenvalue weighted by Crippen LogP contribution is -2.46. The number of hydrogen-bond donors (Lipinski definition) is 0. The van der Waals surface area contributed by atoms with E-state index in [0.29, 0.717) is 0 Å². The van der Waals surface area contributed by atoms with Crippen LogP contribution in [0.5, 0.6) is 0 Å². The third kappa shape index (κ3) is 3.24. The summed E-state index contributed by atoms with van der Waals surface area (Å²) in [5.41, 5.74) is 3.21. The predicted octanol–water partition coefficient (Wildman–Crippen LogP) is 2.88. The van der Waals surface area contributed by atoms with Crippen LogP contribution in [0.15, 0.2) is 54.6 Å². The largest absolute Gasteiger partial charge is 0.368 e. The van der Waals surface area contributed by atoms with Crippen molar-refractivity contribution in [1.29, 1.82) is 5.26 Å². The molecule has 1 heterocycles. The molecule has 0 N–H and O–H groups in total. The fourth-order valence-electron chi connectivity index (χ4n) is 2.83. The number of hydrogen-bond acceptors (Lipinski definition) is 3. The van der Waals surface area contributed by atoms with Gasteiger partial charge in [0.2, 0.25) is 0 Å². The van der Waals surface area contributed by atoms with E-state index in [1.807, 2.05) is 24.3 Å². The molecule has 3 heteroatoms. The maximum Gasteiger partial charge on any atom is 0.101 e. The molecule has 2 aromatic rings. The van der Waals surface area contributed by atoms with E-state index < -0.39 is 0 Å². The first-order valence-corrected chi connectivity index (χ1v) is 7.37. The average molecular weight is 277 g/mol. The average Bonchev–Trinajstić information content (AvgIpc) is 2.56. The minimum Gasteiger partial charge on any atom is -0.368 e. The summed E-state index contributed by atoms with van der Waals surface area (Å²) in [7, 11) is 0. The monoisotopic (exact) mass is 277 g/mol. The molecule has 0 aliphatic carbocycles. The fraction of sp³-hybridized carbons (Fsp3) is 0.278. The molecule has 0 spiro atoms. The molecular formula is C18H19N3. The molecule has 3 rings (SSSR count). The number of para-hydroxylation sites is 1. The summed E-state index contributed by atoms with van der Waals surface area (Å²) >= 11 is 0. The van der Waals surface area contributed by atoms with Gasteiger partial charge in [-0.2, -0.15) is 5.26 Å². The summed E-state index contributed by atoms with van der Waals surface area (Å²) in [6, 6.07) is 20.8. The first-order valence-electron chi connectivity index (χ1n) is 7.37. The van der Waals surface area contributed by atoms with Crippen LogP contribution in [0.2, 0.25) is 0 Å². The fourth-order valence-corrected chi connectivity index (χ4v) is 2.83. The Labute approximate surface area is 126 Å². The van der Waals surface area contributed by atoms with Crippen LogP contribution in [0.1, 0.15) is 11.1 Å². The van der Waals surface area contributed by atoms with E-state index in [4.69, 9.17) is 0 Å². The van der Waals surface area contributed by atoms with Crippen LogP contribution in [-0.4, -0.2) is 31.1 Å². The van der Waals surface area contributed by atoms with Gasteiger partial charge in [-0.25, -0.2) is 0 Å². The maximum atomic E-state index is 9.21. The summed E-state index contributed by atoms with van der Waals surface area (Å²) in [6.07, 6.45) is 0. The zero-order chi connectivity index (χ0) is 14.5. The number of benzene rings is 2. The van der Waals surface area contributed by atoms with Crippen molar-refractivity contribution in [2.24, 2.45) is 0 Å². The molecule has 1 fully saturated rings. The van der Waals surface area contributed by atoms with Gasteiger partial charge >= 0.3 is 0 Å². The van der Waals surface area contributed by atoms with Gasteiger partial charge in [0.05, 0.1) is 11.3 Å². The lowest BCUT2D eigenvalue weighted by molar-refractivity contribution is 0.250. The number of anilines is 1. The quantitative estimate of drug-likeness (QED) is 0.864. The summed E-state index contributed by atoms with van der Waals surface area (Å²) in [6.45, 7) is 5.04. The highest BCUT2D eigenvalue weighted by atomic mass is 15.3. The standard InChI is InChI=1S/C18H19N3/c19-14-17-8-4-5-9-18(17)21-12-10-20(11-13-21)15-16-6-2-1-3-7-16/h1-9H,10-13,15H2. The molecule has 0 radical (unpaired) electrons. The van der Waals surface area contributed by atoms with E-state index in [0.717, 1.165) is 44.0 Å². The Hall–Kier alpha value is -2.31. The van der Waals surface area contributed by atoms with Gasteiger partial charge in [-0.05, 0) is 17.7 Å². The van der Waals surface area contributed by atoms with Gasteiger partial charge in [0.1, 0.15) is 6.07 Å². The van der Waals surface area contributed by atoms with Gasteiger partial charge in [-0.15, -0.1) is 0 Å². The summed E-state index contributed by atoms with van der Waals surface area (Å²) in [5.74, 6) is 0. The number of rotatable bonds is 3. The minimum absolute atomic E-state index is 0.772. The first kappa shape index (κ1) is 13.7. The third-order valence-corrected chi connectivity index (χ3v) is 3.99. The van der Waals surface area contributed by atoms with Gasteiger partial charge in [0.15, 0.2) is 0 Å². The van der Waals surface area contributed by atoms with E-state index >= 15 is 0 Å². The summed E-state index contributed by atoms with van der Waals surface area (Å²) < 4.78 is 0. The molecule has 0 amide bonds. The Balaban J connectivity index is 1.62. The van der Waals surface area contributed by atoms with E-state index in [-0.39, 0.29) is 0 Å². The topological polar surface area (TPSA) is 30.3 Å². The molecule has 0 saturated carbocycles. The highest BCUT2D eigenvalue weighted by Gasteiger charge is 2.18. The van der Waals surface area contributed by atoms with Crippen LogP contribution in [-0.2, 0) is 6.54 Å². The molecule has 106 valence electrons. The zero-order valence-corrected chi connectivity index (χ0v) is 12.1. The third-order valence-electron chi connectivity index (χ3n) is 3.99. The number of piperazine rings is 1. The Morgan fingerprint density at radius 1 is 0.857 bits per heavy atom. The Morgan fingerprint density at radius 2 is 1.52 bits per heavy atom. The van der Waals surface area contributed by atoms with Gasteiger partial charge in [0.25, 0.3) is 0 Å². The predicted molar refractivity (Wildman–Crippen MR) is 85.1 cm³/mol. The molecule has 2 aromatic carbocycles. The minimum atomic E-state index is 0.772. The zero-order valence-electron chi connectivity index (χ0n) is 12.1. The molecule has 1 aliphatic rings. The summed E-state index contributed by atoms with van der Waals surface area (Å²) in [5, 5.41) is 9.21. The van der Waals surface area contributed by atoms with Gasteiger partial charge in [-0.3, -0.25) is 4.90 Å². The van der Waals surface area contributed by atoms with E-state index in [9.17, 15) is 5.26 Å². The highest BCUT2D eigenvalue weighted by Crippen LogP contribution is 2.21. The van der Waals surface area contributed by atoms with Crippen LogP contribution in [0, 0.1) is 11.3 Å². The van der Waals surface area contributed by atoms with Crippen LogP contribution < -0.4 is 4.90 Å². The smallest absolute Gasteiger partial charge is 0.101 e. The van der Waals surface area contributed by atoms with Crippen molar-refractivity contribution < 1.29 is 0 Å². The highest BCUT2D eigenvalue weighted by molar-refractivity contribution is 5.59. The van der Waals surface area contributed by atoms with Crippen LogP contribution in [0.25, 0.3) is 0 Å². The van der Waals surface area contributed by atoms with Crippen LogP contribution in [0.4, 0.5) is 5.69 Å². The molecule has 0 atom stereocenters. The Bertz CT molecular complexity index is 622. The number of nitrogens with zero attached hydrogens (tertiary/aromatic N) is 3. The SMILES string of the molecule is N#Cc1ccccc1N1CCN(Cc2ccccc2)CC1. The Morgan fingerprint density at radius 3 is 2.24 bits per heavy atom. The second-order valence-corrected chi connectivity index (χ2v) is 5.38. The van der Waals surface area contributed by atoms with E-state index in [2.05, 4.69) is 46.2 Å². The van der Waals surface area contributed by atoms with Crippen molar-refractivity contribution in [3.8, 4) is 6.07 Å². The van der Waals surface area contributed by atoms with Crippen LogP contribution in [0.3, 0.4) is 0 Å². The molecule has 1 aliphatic heterocycles. The second-order valence-electron chi connectivity index (χ2n) is 5.38. The van der Waals surface area contributed by atoms with Gasteiger partial charge in [0, 0.05) is 32.7 Å². The van der Waals surface area contributed by atoms with E-state index in [1.54, 1.807) is 0 Å². The molecule has 1 saturated heterocycles. The number of nitriles is 1. The summed E-state index contributed by atoms with van der Waals surface area (Å²) in [4.78, 5) is 4.79. The normalized spacial score (nSPS) is 15.7.